The molecule has 1 atom stereocenters. The highest BCUT2D eigenvalue weighted by Gasteiger charge is 2.31. The Kier molecular flexibility index (Phi) is 7.33. The summed E-state index contributed by atoms with van der Waals surface area (Å²) in [6.45, 7) is 4.55. The number of aromatic nitrogens is 2. The highest BCUT2D eigenvalue weighted by molar-refractivity contribution is 6.33. The second-order valence-electron chi connectivity index (χ2n) is 7.59. The van der Waals surface area contributed by atoms with Crippen molar-refractivity contribution < 1.29 is 19.1 Å². The monoisotopic (exact) mass is 446 g/mol. The minimum atomic E-state index is -0.378. The van der Waals surface area contributed by atoms with Gasteiger partial charge < -0.3 is 14.5 Å². The Bertz CT molecular complexity index is 960. The number of benzene rings is 1. The molecule has 2 amide bonds. The van der Waals surface area contributed by atoms with E-state index in [0.29, 0.717) is 31.8 Å². The van der Waals surface area contributed by atoms with Crippen LogP contribution in [0.2, 0.25) is 5.15 Å². The molecule has 8 nitrogen and oxygen atoms in total. The molecule has 1 fully saturated rings. The van der Waals surface area contributed by atoms with Crippen molar-refractivity contribution in [1.82, 2.24) is 19.6 Å². The molecule has 0 saturated carbocycles. The van der Waals surface area contributed by atoms with Gasteiger partial charge in [-0.3, -0.25) is 14.4 Å². The van der Waals surface area contributed by atoms with Crippen molar-refractivity contribution in [3.8, 4) is 5.69 Å². The van der Waals surface area contributed by atoms with E-state index in [-0.39, 0.29) is 41.0 Å². The summed E-state index contributed by atoms with van der Waals surface area (Å²) in [6, 6.07) is 9.28. The van der Waals surface area contributed by atoms with Crippen LogP contribution in [0, 0.1) is 12.8 Å². The van der Waals surface area contributed by atoms with Gasteiger partial charge in [0.2, 0.25) is 5.91 Å². The number of hydrogen-bond donors (Lipinski definition) is 0. The van der Waals surface area contributed by atoms with Crippen LogP contribution in [0.15, 0.2) is 30.3 Å². The fraction of sp³-hybridized carbons (Fsp3) is 0.455. The Labute approximate surface area is 186 Å². The fourth-order valence-corrected chi connectivity index (χ4v) is 4.06. The number of likely N-dealkylation sites (tertiary alicyclic amines) is 1. The molecule has 31 heavy (non-hydrogen) atoms. The van der Waals surface area contributed by atoms with Gasteiger partial charge in [-0.05, 0) is 38.8 Å². The Balaban J connectivity index is 1.69. The van der Waals surface area contributed by atoms with Crippen molar-refractivity contribution in [2.24, 2.45) is 5.92 Å². The number of esters is 1. The summed E-state index contributed by atoms with van der Waals surface area (Å²) < 4.78 is 6.59. The second-order valence-corrected chi connectivity index (χ2v) is 7.95. The van der Waals surface area contributed by atoms with Gasteiger partial charge in [-0.25, -0.2) is 4.68 Å². The lowest BCUT2D eigenvalue weighted by atomic mass is 9.98. The van der Waals surface area contributed by atoms with Crippen LogP contribution < -0.4 is 0 Å². The summed E-state index contributed by atoms with van der Waals surface area (Å²) in [5.74, 6) is -1.19. The first-order valence-corrected chi connectivity index (χ1v) is 10.7. The Morgan fingerprint density at radius 2 is 1.97 bits per heavy atom. The largest absolute Gasteiger partial charge is 0.466 e. The van der Waals surface area contributed by atoms with Gasteiger partial charge in [-0.1, -0.05) is 29.8 Å². The molecule has 1 unspecified atom stereocenters. The number of carbonyl (C=O) groups is 3. The quantitative estimate of drug-likeness (QED) is 0.637. The number of piperidine rings is 1. The number of para-hydroxylation sites is 1. The van der Waals surface area contributed by atoms with Crippen LogP contribution in [0.4, 0.5) is 0 Å². The number of rotatable bonds is 6. The lowest BCUT2D eigenvalue weighted by Crippen LogP contribution is -2.47. The van der Waals surface area contributed by atoms with Gasteiger partial charge >= 0.3 is 5.97 Å². The number of amides is 2. The molecule has 0 bridgehead atoms. The Hall–Kier alpha value is -2.87. The maximum Gasteiger partial charge on any atom is 0.310 e. The van der Waals surface area contributed by atoms with Crippen LogP contribution in [0.25, 0.3) is 5.69 Å². The molecule has 166 valence electrons. The zero-order valence-corrected chi connectivity index (χ0v) is 18.8. The molecule has 0 N–H and O–H groups in total. The van der Waals surface area contributed by atoms with E-state index in [9.17, 15) is 14.4 Å². The minimum Gasteiger partial charge on any atom is -0.466 e. The Morgan fingerprint density at radius 3 is 2.65 bits per heavy atom. The van der Waals surface area contributed by atoms with Crippen molar-refractivity contribution in [3.05, 3.63) is 46.7 Å². The van der Waals surface area contributed by atoms with E-state index in [4.69, 9.17) is 16.3 Å². The first kappa shape index (κ1) is 22.8. The lowest BCUT2D eigenvalue weighted by Gasteiger charge is -2.32. The molecule has 2 heterocycles. The molecule has 1 aromatic heterocycles. The van der Waals surface area contributed by atoms with Crippen LogP contribution >= 0.6 is 11.6 Å². The third kappa shape index (κ3) is 5.07. The van der Waals surface area contributed by atoms with E-state index in [1.165, 1.54) is 9.58 Å². The zero-order valence-electron chi connectivity index (χ0n) is 18.0. The molecular weight excluding hydrogens is 420 g/mol. The maximum atomic E-state index is 13.1. The smallest absolute Gasteiger partial charge is 0.310 e. The molecule has 0 aliphatic carbocycles. The van der Waals surface area contributed by atoms with Crippen LogP contribution in [0.1, 0.15) is 35.8 Å². The first-order valence-electron chi connectivity index (χ1n) is 10.3. The molecule has 1 aromatic carbocycles. The summed E-state index contributed by atoms with van der Waals surface area (Å²) >= 11 is 6.48. The number of hydrogen-bond acceptors (Lipinski definition) is 5. The summed E-state index contributed by atoms with van der Waals surface area (Å²) in [5.41, 5.74) is 1.49. The van der Waals surface area contributed by atoms with Gasteiger partial charge in [-0.2, -0.15) is 5.10 Å². The third-order valence-corrected chi connectivity index (χ3v) is 5.68. The standard InChI is InChI=1S/C22H27ClN4O4/c1-4-31-22(30)16-9-8-12-26(13-16)18(28)14-25(3)21(29)19-15(2)24-27(20(19)23)17-10-6-5-7-11-17/h5-7,10-11,16H,4,8-9,12-14H2,1-3H3. The van der Waals surface area contributed by atoms with Crippen LogP contribution in [0.3, 0.4) is 0 Å². The molecule has 0 spiro atoms. The van der Waals surface area contributed by atoms with Gasteiger partial charge in [0.15, 0.2) is 0 Å². The molecule has 3 rings (SSSR count). The molecule has 1 aliphatic rings. The van der Waals surface area contributed by atoms with Crippen molar-refractivity contribution >= 4 is 29.4 Å². The number of nitrogens with zero attached hydrogens (tertiary/aromatic N) is 4. The van der Waals surface area contributed by atoms with E-state index in [1.807, 2.05) is 30.3 Å². The van der Waals surface area contributed by atoms with Crippen molar-refractivity contribution in [2.75, 3.05) is 33.3 Å². The molecule has 1 aliphatic heterocycles. The van der Waals surface area contributed by atoms with Gasteiger partial charge in [0.05, 0.1) is 36.0 Å². The zero-order chi connectivity index (χ0) is 22.5. The van der Waals surface area contributed by atoms with Gasteiger partial charge in [0.25, 0.3) is 5.91 Å². The highest BCUT2D eigenvalue weighted by atomic mass is 35.5. The topological polar surface area (TPSA) is 84.7 Å². The predicted molar refractivity (Wildman–Crippen MR) is 116 cm³/mol. The number of aryl methyl sites for hydroxylation is 1. The van der Waals surface area contributed by atoms with Crippen molar-refractivity contribution in [2.45, 2.75) is 26.7 Å². The predicted octanol–water partition coefficient (Wildman–Crippen LogP) is 2.71. The van der Waals surface area contributed by atoms with E-state index in [2.05, 4.69) is 5.10 Å². The normalized spacial score (nSPS) is 16.1. The first-order chi connectivity index (χ1) is 14.8. The number of halogens is 1. The third-order valence-electron chi connectivity index (χ3n) is 5.33. The van der Waals surface area contributed by atoms with Gasteiger partial charge in [0, 0.05) is 20.1 Å². The molecule has 9 heteroatoms. The minimum absolute atomic E-state index is 0.110. The fourth-order valence-electron chi connectivity index (χ4n) is 3.70. The van der Waals surface area contributed by atoms with E-state index < -0.39 is 0 Å². The molecule has 0 radical (unpaired) electrons. The van der Waals surface area contributed by atoms with Crippen molar-refractivity contribution in [1.29, 1.82) is 0 Å². The highest BCUT2D eigenvalue weighted by Crippen LogP contribution is 2.25. The van der Waals surface area contributed by atoms with E-state index in [1.54, 1.807) is 25.8 Å². The number of carbonyl (C=O) groups excluding carboxylic acids is 3. The molecule has 1 saturated heterocycles. The summed E-state index contributed by atoms with van der Waals surface area (Å²) in [4.78, 5) is 40.8. The number of ether oxygens (including phenoxy) is 1. The lowest BCUT2D eigenvalue weighted by molar-refractivity contribution is -0.151. The number of likely N-dealkylation sites (N-methyl/N-ethyl adjacent to an activating group) is 1. The van der Waals surface area contributed by atoms with Crippen LogP contribution in [-0.2, 0) is 14.3 Å². The summed E-state index contributed by atoms with van der Waals surface area (Å²) in [6.07, 6.45) is 1.42. The van der Waals surface area contributed by atoms with E-state index in [0.717, 1.165) is 12.1 Å². The average Bonchev–Trinajstić information content (AvgIpc) is 3.07. The summed E-state index contributed by atoms with van der Waals surface area (Å²) in [5, 5.41) is 4.59. The van der Waals surface area contributed by atoms with Crippen LogP contribution in [0.5, 0.6) is 0 Å². The van der Waals surface area contributed by atoms with Gasteiger partial charge in [-0.15, -0.1) is 0 Å². The Morgan fingerprint density at radius 1 is 1.26 bits per heavy atom. The molecular formula is C22H27ClN4O4. The van der Waals surface area contributed by atoms with Gasteiger partial charge in [0.1, 0.15) is 5.15 Å². The summed E-state index contributed by atoms with van der Waals surface area (Å²) in [7, 11) is 1.56. The molecule has 2 aromatic rings. The van der Waals surface area contributed by atoms with Crippen molar-refractivity contribution in [3.63, 3.8) is 0 Å². The maximum absolute atomic E-state index is 13.1. The SMILES string of the molecule is CCOC(=O)C1CCCN(C(=O)CN(C)C(=O)c2c(C)nn(-c3ccccc3)c2Cl)C1. The van der Waals surface area contributed by atoms with Crippen LogP contribution in [-0.4, -0.2) is 70.7 Å². The average molecular weight is 447 g/mol. The van der Waals surface area contributed by atoms with E-state index >= 15 is 0 Å². The second kappa shape index (κ2) is 9.96.